The Balaban J connectivity index is 2.80. The van der Waals surface area contributed by atoms with E-state index in [0.717, 1.165) is 18.5 Å². The van der Waals surface area contributed by atoms with Crippen molar-refractivity contribution in [1.29, 1.82) is 0 Å². The number of ether oxygens (including phenoxy) is 1. The van der Waals surface area contributed by atoms with Crippen LogP contribution >= 0.6 is 0 Å². The summed E-state index contributed by atoms with van der Waals surface area (Å²) in [5, 5.41) is 3.28. The molecule has 0 aliphatic rings. The van der Waals surface area contributed by atoms with Crippen molar-refractivity contribution in [2.24, 2.45) is 5.92 Å². The zero-order chi connectivity index (χ0) is 13.5. The van der Waals surface area contributed by atoms with Crippen molar-refractivity contribution < 1.29 is 9.13 Å². The van der Waals surface area contributed by atoms with Crippen LogP contribution in [-0.4, -0.2) is 13.2 Å². The Bertz CT molecular complexity index is 366. The Kier molecular flexibility index (Phi) is 6.13. The molecule has 0 heterocycles. The molecule has 0 saturated carbocycles. The summed E-state index contributed by atoms with van der Waals surface area (Å²) < 4.78 is 19.5. The van der Waals surface area contributed by atoms with Gasteiger partial charge in [-0.25, -0.2) is 4.39 Å². The lowest BCUT2D eigenvalue weighted by Gasteiger charge is -2.18. The molecule has 0 saturated heterocycles. The summed E-state index contributed by atoms with van der Waals surface area (Å²) in [6.45, 7) is 9.73. The lowest BCUT2D eigenvalue weighted by Crippen LogP contribution is -2.19. The molecule has 1 N–H and O–H groups in total. The van der Waals surface area contributed by atoms with E-state index in [2.05, 4.69) is 19.2 Å². The zero-order valence-electron chi connectivity index (χ0n) is 11.8. The molecular formula is C15H24FNO. The summed E-state index contributed by atoms with van der Waals surface area (Å²) in [7, 11) is 0. The second-order valence-electron chi connectivity index (χ2n) is 4.97. The Hall–Kier alpha value is -1.09. The summed E-state index contributed by atoms with van der Waals surface area (Å²) in [5.41, 5.74) is 0.889. The number of rotatable bonds is 7. The van der Waals surface area contributed by atoms with Gasteiger partial charge in [0.25, 0.3) is 0 Å². The molecule has 0 amide bonds. The maximum atomic E-state index is 13.8. The third-order valence-electron chi connectivity index (χ3n) is 2.92. The van der Waals surface area contributed by atoms with Gasteiger partial charge in [0.1, 0.15) is 0 Å². The van der Waals surface area contributed by atoms with E-state index in [1.807, 2.05) is 19.9 Å². The highest BCUT2D eigenvalue weighted by molar-refractivity contribution is 5.37. The summed E-state index contributed by atoms with van der Waals surface area (Å²) in [6, 6.07) is 5.20. The Morgan fingerprint density at radius 3 is 2.61 bits per heavy atom. The van der Waals surface area contributed by atoms with Gasteiger partial charge in [0.2, 0.25) is 0 Å². The molecule has 0 bridgehead atoms. The van der Waals surface area contributed by atoms with Gasteiger partial charge in [0.05, 0.1) is 6.61 Å². The monoisotopic (exact) mass is 253 g/mol. The van der Waals surface area contributed by atoms with E-state index in [1.165, 1.54) is 6.07 Å². The van der Waals surface area contributed by atoms with Gasteiger partial charge in [-0.3, -0.25) is 0 Å². The first-order valence-electron chi connectivity index (χ1n) is 6.70. The quantitative estimate of drug-likeness (QED) is 0.795. The molecule has 0 radical (unpaired) electrons. The first kappa shape index (κ1) is 15.0. The van der Waals surface area contributed by atoms with Crippen molar-refractivity contribution in [3.63, 3.8) is 0 Å². The van der Waals surface area contributed by atoms with Crippen LogP contribution in [0.1, 0.15) is 45.7 Å². The van der Waals surface area contributed by atoms with Crippen LogP contribution in [0.3, 0.4) is 0 Å². The highest BCUT2D eigenvalue weighted by Crippen LogP contribution is 2.28. The molecule has 0 spiro atoms. The Morgan fingerprint density at radius 2 is 2.00 bits per heavy atom. The average molecular weight is 253 g/mol. The van der Waals surface area contributed by atoms with Gasteiger partial charge in [0.15, 0.2) is 11.6 Å². The van der Waals surface area contributed by atoms with E-state index in [1.54, 1.807) is 6.07 Å². The van der Waals surface area contributed by atoms with E-state index in [9.17, 15) is 4.39 Å². The SMILES string of the molecule is CCNC(C)c1cccc(F)c1OCCC(C)C. The third kappa shape index (κ3) is 4.30. The highest BCUT2D eigenvalue weighted by atomic mass is 19.1. The first-order valence-corrected chi connectivity index (χ1v) is 6.70. The van der Waals surface area contributed by atoms with Crippen LogP contribution < -0.4 is 10.1 Å². The summed E-state index contributed by atoms with van der Waals surface area (Å²) >= 11 is 0. The molecule has 1 atom stereocenters. The summed E-state index contributed by atoms with van der Waals surface area (Å²) in [6.07, 6.45) is 0.934. The topological polar surface area (TPSA) is 21.3 Å². The minimum Gasteiger partial charge on any atom is -0.490 e. The molecule has 2 nitrogen and oxygen atoms in total. The van der Waals surface area contributed by atoms with Gasteiger partial charge in [0, 0.05) is 11.6 Å². The highest BCUT2D eigenvalue weighted by Gasteiger charge is 2.14. The molecular weight excluding hydrogens is 229 g/mol. The fourth-order valence-corrected chi connectivity index (χ4v) is 1.83. The molecule has 18 heavy (non-hydrogen) atoms. The van der Waals surface area contributed by atoms with Crippen molar-refractivity contribution in [2.75, 3.05) is 13.2 Å². The average Bonchev–Trinajstić information content (AvgIpc) is 2.31. The van der Waals surface area contributed by atoms with E-state index < -0.39 is 0 Å². The Morgan fingerprint density at radius 1 is 1.28 bits per heavy atom. The number of hydrogen-bond acceptors (Lipinski definition) is 2. The number of halogens is 1. The predicted molar refractivity (Wildman–Crippen MR) is 73.4 cm³/mol. The van der Waals surface area contributed by atoms with Gasteiger partial charge in [-0.2, -0.15) is 0 Å². The van der Waals surface area contributed by atoms with Crippen molar-refractivity contribution in [1.82, 2.24) is 5.32 Å². The van der Waals surface area contributed by atoms with Gasteiger partial charge < -0.3 is 10.1 Å². The standard InChI is InChI=1S/C15H24FNO/c1-5-17-12(4)13-7-6-8-14(16)15(13)18-10-9-11(2)3/h6-8,11-12,17H,5,9-10H2,1-4H3. The minimum atomic E-state index is -0.277. The Labute approximate surface area is 110 Å². The number of nitrogens with one attached hydrogen (secondary N) is 1. The zero-order valence-corrected chi connectivity index (χ0v) is 11.8. The largest absolute Gasteiger partial charge is 0.490 e. The second kappa shape index (κ2) is 7.37. The molecule has 0 aliphatic carbocycles. The predicted octanol–water partition coefficient (Wildman–Crippen LogP) is 3.92. The molecule has 1 rings (SSSR count). The molecule has 1 aromatic rings. The smallest absolute Gasteiger partial charge is 0.165 e. The molecule has 102 valence electrons. The molecule has 1 unspecified atom stereocenters. The van der Waals surface area contributed by atoms with Gasteiger partial charge in [-0.15, -0.1) is 0 Å². The summed E-state index contributed by atoms with van der Waals surface area (Å²) in [4.78, 5) is 0. The van der Waals surface area contributed by atoms with Crippen molar-refractivity contribution >= 4 is 0 Å². The number of benzene rings is 1. The van der Waals surface area contributed by atoms with E-state index in [4.69, 9.17) is 4.74 Å². The van der Waals surface area contributed by atoms with E-state index in [0.29, 0.717) is 18.3 Å². The van der Waals surface area contributed by atoms with E-state index in [-0.39, 0.29) is 11.9 Å². The normalized spacial score (nSPS) is 12.8. The van der Waals surface area contributed by atoms with Crippen LogP contribution in [0, 0.1) is 11.7 Å². The van der Waals surface area contributed by atoms with E-state index >= 15 is 0 Å². The van der Waals surface area contributed by atoms with Gasteiger partial charge in [-0.1, -0.05) is 32.9 Å². The van der Waals surface area contributed by atoms with Gasteiger partial charge >= 0.3 is 0 Å². The number of hydrogen-bond donors (Lipinski definition) is 1. The maximum absolute atomic E-state index is 13.8. The first-order chi connectivity index (χ1) is 8.56. The van der Waals surface area contributed by atoms with Gasteiger partial charge in [-0.05, 0) is 31.9 Å². The maximum Gasteiger partial charge on any atom is 0.165 e. The number of para-hydroxylation sites is 1. The van der Waals surface area contributed by atoms with Crippen LogP contribution in [0.4, 0.5) is 4.39 Å². The lowest BCUT2D eigenvalue weighted by atomic mass is 10.1. The second-order valence-corrected chi connectivity index (χ2v) is 4.97. The minimum absolute atomic E-state index is 0.0970. The van der Waals surface area contributed by atoms with Crippen molar-refractivity contribution in [3.05, 3.63) is 29.6 Å². The van der Waals surface area contributed by atoms with Crippen LogP contribution in [-0.2, 0) is 0 Å². The van der Waals surface area contributed by atoms with Crippen LogP contribution in [0.25, 0.3) is 0 Å². The van der Waals surface area contributed by atoms with Crippen LogP contribution in [0.15, 0.2) is 18.2 Å². The fraction of sp³-hybridized carbons (Fsp3) is 0.600. The molecule has 0 aliphatic heterocycles. The third-order valence-corrected chi connectivity index (χ3v) is 2.92. The molecule has 1 aromatic carbocycles. The van der Waals surface area contributed by atoms with Crippen molar-refractivity contribution in [3.8, 4) is 5.75 Å². The molecule has 3 heteroatoms. The fourth-order valence-electron chi connectivity index (χ4n) is 1.83. The van der Waals surface area contributed by atoms with Crippen LogP contribution in [0.5, 0.6) is 5.75 Å². The summed E-state index contributed by atoms with van der Waals surface area (Å²) in [5.74, 6) is 0.680. The van der Waals surface area contributed by atoms with Crippen molar-refractivity contribution in [2.45, 2.75) is 40.2 Å². The lowest BCUT2D eigenvalue weighted by molar-refractivity contribution is 0.271. The van der Waals surface area contributed by atoms with Crippen LogP contribution in [0.2, 0.25) is 0 Å². The molecule has 0 fully saturated rings. The molecule has 0 aromatic heterocycles.